The largest absolute Gasteiger partial charge is 0.490 e. The van der Waals surface area contributed by atoms with Crippen LogP contribution in [0.1, 0.15) is 13.3 Å². The summed E-state index contributed by atoms with van der Waals surface area (Å²) in [4.78, 5) is 22.9. The molecule has 0 unspecified atom stereocenters. The zero-order valence-electron chi connectivity index (χ0n) is 15.1. The molecule has 1 aliphatic heterocycles. The number of methoxy groups -OCH3 is 1. The number of benzene rings is 1. The van der Waals surface area contributed by atoms with E-state index in [-0.39, 0.29) is 24.9 Å². The molecule has 0 fully saturated rings. The number of carbonyl (C=O) groups excluding carboxylic acids is 1. The van der Waals surface area contributed by atoms with Crippen LogP contribution < -0.4 is 15.1 Å². The molecular formula is C20H20O7. The SMILES string of the molecule is COc1c(OCC=C(C)C[C@@H]2C=C(CO)C(=O)O2)ccc2ccc(=O)oc12. The summed E-state index contributed by atoms with van der Waals surface area (Å²) < 4.78 is 21.5. The first-order chi connectivity index (χ1) is 13.0. The van der Waals surface area contributed by atoms with Gasteiger partial charge in [-0.3, -0.25) is 0 Å². The second kappa shape index (κ2) is 8.09. The molecule has 0 saturated carbocycles. The molecule has 1 atom stereocenters. The van der Waals surface area contributed by atoms with Crippen molar-refractivity contribution >= 4 is 16.9 Å². The predicted octanol–water partition coefficient (Wildman–Crippen LogP) is 2.36. The highest BCUT2D eigenvalue weighted by atomic mass is 16.5. The lowest BCUT2D eigenvalue weighted by molar-refractivity contribution is -0.139. The van der Waals surface area contributed by atoms with Gasteiger partial charge in [-0.05, 0) is 37.3 Å². The van der Waals surface area contributed by atoms with Gasteiger partial charge in [0.15, 0.2) is 11.3 Å². The van der Waals surface area contributed by atoms with Crippen LogP contribution in [0.5, 0.6) is 11.5 Å². The Morgan fingerprint density at radius 3 is 2.74 bits per heavy atom. The van der Waals surface area contributed by atoms with Gasteiger partial charge in [-0.15, -0.1) is 0 Å². The molecule has 0 bridgehead atoms. The molecule has 7 heteroatoms. The van der Waals surface area contributed by atoms with Gasteiger partial charge < -0.3 is 23.7 Å². The molecule has 2 aromatic rings. The van der Waals surface area contributed by atoms with Crippen LogP contribution in [0.15, 0.2) is 56.8 Å². The average Bonchev–Trinajstić information content (AvgIpc) is 3.00. The molecule has 2 heterocycles. The molecular weight excluding hydrogens is 352 g/mol. The topological polar surface area (TPSA) is 95.2 Å². The zero-order valence-corrected chi connectivity index (χ0v) is 15.1. The minimum absolute atomic E-state index is 0.266. The number of esters is 1. The highest BCUT2D eigenvalue weighted by Crippen LogP contribution is 2.34. The summed E-state index contributed by atoms with van der Waals surface area (Å²) in [5, 5.41) is 9.79. The third kappa shape index (κ3) is 4.20. The fourth-order valence-electron chi connectivity index (χ4n) is 2.83. The van der Waals surface area contributed by atoms with Crippen LogP contribution in [0.4, 0.5) is 0 Å². The number of aliphatic hydroxyl groups excluding tert-OH is 1. The van der Waals surface area contributed by atoms with Crippen LogP contribution >= 0.6 is 0 Å². The lowest BCUT2D eigenvalue weighted by Gasteiger charge is -2.12. The van der Waals surface area contributed by atoms with E-state index < -0.39 is 11.6 Å². The molecule has 1 aromatic heterocycles. The quantitative estimate of drug-likeness (QED) is 0.453. The summed E-state index contributed by atoms with van der Waals surface area (Å²) in [6.45, 7) is 1.85. The summed E-state index contributed by atoms with van der Waals surface area (Å²) >= 11 is 0. The Kier molecular flexibility index (Phi) is 5.61. The van der Waals surface area contributed by atoms with Gasteiger partial charge in [-0.2, -0.15) is 0 Å². The van der Waals surface area contributed by atoms with Gasteiger partial charge in [0.05, 0.1) is 19.3 Å². The lowest BCUT2D eigenvalue weighted by atomic mass is 10.1. The van der Waals surface area contributed by atoms with Crippen molar-refractivity contribution in [3.63, 3.8) is 0 Å². The van der Waals surface area contributed by atoms with E-state index in [9.17, 15) is 9.59 Å². The molecule has 1 aromatic carbocycles. The molecule has 0 spiro atoms. The summed E-state index contributed by atoms with van der Waals surface area (Å²) in [5.41, 5.74) is 1.12. The Bertz CT molecular complexity index is 968. The fraction of sp³-hybridized carbons (Fsp3) is 0.300. The number of hydrogen-bond donors (Lipinski definition) is 1. The van der Waals surface area contributed by atoms with Crippen molar-refractivity contribution in [2.45, 2.75) is 19.4 Å². The number of carbonyl (C=O) groups is 1. The minimum Gasteiger partial charge on any atom is -0.490 e. The third-order valence-electron chi connectivity index (χ3n) is 4.18. The van der Waals surface area contributed by atoms with Crippen molar-refractivity contribution in [3.05, 3.63) is 58.0 Å². The predicted molar refractivity (Wildman–Crippen MR) is 98.0 cm³/mol. The highest BCUT2D eigenvalue weighted by molar-refractivity contribution is 5.91. The van der Waals surface area contributed by atoms with Gasteiger partial charge in [-0.25, -0.2) is 9.59 Å². The van der Waals surface area contributed by atoms with E-state index in [1.807, 2.05) is 13.0 Å². The maximum atomic E-state index is 11.5. The van der Waals surface area contributed by atoms with Crippen molar-refractivity contribution in [1.29, 1.82) is 0 Å². The first kappa shape index (κ1) is 18.7. The average molecular weight is 372 g/mol. The van der Waals surface area contributed by atoms with Crippen LogP contribution in [0.25, 0.3) is 11.0 Å². The molecule has 0 saturated heterocycles. The molecule has 27 heavy (non-hydrogen) atoms. The van der Waals surface area contributed by atoms with Gasteiger partial charge >= 0.3 is 11.6 Å². The standard InChI is InChI=1S/C20H20O7/c1-12(9-15-10-14(11-21)20(23)26-15)7-8-25-16-5-3-13-4-6-17(22)27-18(13)19(16)24-2/h3-7,10,15,21H,8-9,11H2,1-2H3/t15-/m1/s1. The number of cyclic esters (lactones) is 1. The van der Waals surface area contributed by atoms with Crippen LogP contribution in [-0.4, -0.2) is 37.5 Å². The van der Waals surface area contributed by atoms with E-state index in [4.69, 9.17) is 23.7 Å². The fourth-order valence-corrected chi connectivity index (χ4v) is 2.83. The monoisotopic (exact) mass is 372 g/mol. The minimum atomic E-state index is -0.478. The first-order valence-corrected chi connectivity index (χ1v) is 8.43. The van der Waals surface area contributed by atoms with Crippen LogP contribution in [-0.2, 0) is 9.53 Å². The van der Waals surface area contributed by atoms with E-state index in [0.717, 1.165) is 11.0 Å². The number of ether oxygens (including phenoxy) is 3. The first-order valence-electron chi connectivity index (χ1n) is 8.43. The Balaban J connectivity index is 1.68. The second-order valence-corrected chi connectivity index (χ2v) is 6.13. The van der Waals surface area contributed by atoms with Gasteiger partial charge in [0, 0.05) is 17.9 Å². The molecule has 0 aliphatic carbocycles. The normalized spacial score (nSPS) is 17.0. The highest BCUT2D eigenvalue weighted by Gasteiger charge is 2.24. The third-order valence-corrected chi connectivity index (χ3v) is 4.18. The molecule has 3 rings (SSSR count). The van der Waals surface area contributed by atoms with E-state index in [2.05, 4.69) is 0 Å². The lowest BCUT2D eigenvalue weighted by Crippen LogP contribution is -2.09. The van der Waals surface area contributed by atoms with Crippen molar-refractivity contribution in [2.75, 3.05) is 20.3 Å². The van der Waals surface area contributed by atoms with Crippen molar-refractivity contribution in [1.82, 2.24) is 0 Å². The van der Waals surface area contributed by atoms with Crippen molar-refractivity contribution < 1.29 is 28.5 Å². The van der Waals surface area contributed by atoms with E-state index in [1.54, 1.807) is 24.3 Å². The Hall–Kier alpha value is -3.06. The van der Waals surface area contributed by atoms with Crippen LogP contribution in [0.2, 0.25) is 0 Å². The van der Waals surface area contributed by atoms with Gasteiger partial charge in [0.2, 0.25) is 5.75 Å². The summed E-state index contributed by atoms with van der Waals surface area (Å²) in [6, 6.07) is 6.54. The molecule has 7 nitrogen and oxygen atoms in total. The van der Waals surface area contributed by atoms with Gasteiger partial charge in [-0.1, -0.05) is 5.57 Å². The molecule has 0 amide bonds. The van der Waals surface area contributed by atoms with Crippen molar-refractivity contribution in [2.24, 2.45) is 0 Å². The maximum absolute atomic E-state index is 11.5. The smallest absolute Gasteiger partial charge is 0.336 e. The Labute approximate surface area is 155 Å². The zero-order chi connectivity index (χ0) is 19.4. The van der Waals surface area contributed by atoms with E-state index in [0.29, 0.717) is 23.5 Å². The molecule has 1 aliphatic rings. The van der Waals surface area contributed by atoms with Gasteiger partial charge in [0.25, 0.3) is 0 Å². The van der Waals surface area contributed by atoms with Crippen LogP contribution in [0.3, 0.4) is 0 Å². The summed E-state index contributed by atoms with van der Waals surface area (Å²) in [7, 11) is 1.48. The van der Waals surface area contributed by atoms with E-state index in [1.165, 1.54) is 13.2 Å². The van der Waals surface area contributed by atoms with Crippen LogP contribution in [0, 0.1) is 0 Å². The summed E-state index contributed by atoms with van der Waals surface area (Å²) in [5.74, 6) is 0.337. The number of hydrogen-bond acceptors (Lipinski definition) is 7. The molecule has 0 radical (unpaired) electrons. The number of rotatable bonds is 7. The number of aliphatic hydroxyl groups is 1. The summed E-state index contributed by atoms with van der Waals surface area (Å²) in [6.07, 6.45) is 3.64. The second-order valence-electron chi connectivity index (χ2n) is 6.13. The number of fused-ring (bicyclic) bond motifs is 1. The van der Waals surface area contributed by atoms with Gasteiger partial charge in [0.1, 0.15) is 12.7 Å². The molecule has 1 N–H and O–H groups in total. The Morgan fingerprint density at radius 1 is 1.26 bits per heavy atom. The maximum Gasteiger partial charge on any atom is 0.336 e. The van der Waals surface area contributed by atoms with E-state index >= 15 is 0 Å². The molecule has 142 valence electrons. The van der Waals surface area contributed by atoms with Crippen molar-refractivity contribution in [3.8, 4) is 11.5 Å². The Morgan fingerprint density at radius 2 is 2.04 bits per heavy atom.